The Morgan fingerprint density at radius 1 is 1.24 bits per heavy atom. The standard InChI is InChI=1S/C15H13N3O2S/c19-14-11-21-15(17-16-9-13-7-4-8-20-13)18(14)10-12-5-2-1-3-6-12/h1-9H,10-11H2/b16-9+,17-15-. The fourth-order valence-electron chi connectivity index (χ4n) is 1.89. The van der Waals surface area contributed by atoms with E-state index in [-0.39, 0.29) is 5.91 Å². The van der Waals surface area contributed by atoms with Crippen molar-refractivity contribution in [2.75, 3.05) is 5.75 Å². The summed E-state index contributed by atoms with van der Waals surface area (Å²) in [7, 11) is 0. The molecule has 1 aromatic carbocycles. The van der Waals surface area contributed by atoms with Crippen LogP contribution in [0, 0.1) is 0 Å². The van der Waals surface area contributed by atoms with E-state index in [1.54, 1.807) is 23.3 Å². The number of nitrogens with zero attached hydrogens (tertiary/aromatic N) is 3. The van der Waals surface area contributed by atoms with E-state index in [4.69, 9.17) is 4.42 Å². The van der Waals surface area contributed by atoms with Gasteiger partial charge in [0.1, 0.15) is 5.76 Å². The zero-order chi connectivity index (χ0) is 14.5. The lowest BCUT2D eigenvalue weighted by Crippen LogP contribution is -2.28. The molecular formula is C15H13N3O2S. The van der Waals surface area contributed by atoms with Gasteiger partial charge in [0.2, 0.25) is 5.91 Å². The number of thioether (sulfide) groups is 1. The molecule has 0 N–H and O–H groups in total. The van der Waals surface area contributed by atoms with Gasteiger partial charge in [0.15, 0.2) is 5.17 Å². The molecule has 1 amide bonds. The lowest BCUT2D eigenvalue weighted by Gasteiger charge is -2.14. The number of amides is 1. The van der Waals surface area contributed by atoms with Gasteiger partial charge in [-0.2, -0.15) is 5.10 Å². The Hall–Kier alpha value is -2.34. The highest BCUT2D eigenvalue weighted by Crippen LogP contribution is 2.21. The second kappa shape index (κ2) is 6.41. The van der Waals surface area contributed by atoms with Crippen molar-refractivity contribution in [1.29, 1.82) is 0 Å². The summed E-state index contributed by atoms with van der Waals surface area (Å²) in [5, 5.41) is 8.71. The average Bonchev–Trinajstić information content (AvgIpc) is 3.13. The van der Waals surface area contributed by atoms with Crippen LogP contribution >= 0.6 is 11.8 Å². The Morgan fingerprint density at radius 3 is 2.86 bits per heavy atom. The van der Waals surface area contributed by atoms with Gasteiger partial charge in [-0.25, -0.2) is 0 Å². The van der Waals surface area contributed by atoms with E-state index >= 15 is 0 Å². The van der Waals surface area contributed by atoms with Crippen molar-refractivity contribution in [2.24, 2.45) is 10.2 Å². The molecule has 2 heterocycles. The number of hydrogen-bond donors (Lipinski definition) is 0. The van der Waals surface area contributed by atoms with E-state index in [2.05, 4.69) is 10.2 Å². The SMILES string of the molecule is O=C1CS/C(=N\N=C\c2ccco2)N1Cc1ccccc1. The molecule has 0 radical (unpaired) electrons. The van der Waals surface area contributed by atoms with E-state index < -0.39 is 0 Å². The van der Waals surface area contributed by atoms with E-state index in [0.29, 0.717) is 23.2 Å². The summed E-state index contributed by atoms with van der Waals surface area (Å²) in [4.78, 5) is 13.6. The number of carbonyl (C=O) groups excluding carboxylic acids is 1. The molecule has 6 heteroatoms. The molecule has 1 fully saturated rings. The van der Waals surface area contributed by atoms with Gasteiger partial charge in [-0.1, -0.05) is 42.1 Å². The van der Waals surface area contributed by atoms with E-state index in [0.717, 1.165) is 5.56 Å². The molecule has 0 saturated carbocycles. The summed E-state index contributed by atoms with van der Waals surface area (Å²) in [6.07, 6.45) is 3.10. The first kappa shape index (κ1) is 13.6. The molecule has 1 aromatic heterocycles. The van der Waals surface area contributed by atoms with Gasteiger partial charge in [-0.05, 0) is 17.7 Å². The van der Waals surface area contributed by atoms with Gasteiger partial charge in [-0.15, -0.1) is 5.10 Å². The molecule has 2 aromatic rings. The average molecular weight is 299 g/mol. The number of furan rings is 1. The van der Waals surface area contributed by atoms with E-state index in [1.165, 1.54) is 18.0 Å². The lowest BCUT2D eigenvalue weighted by molar-refractivity contribution is -0.124. The molecule has 0 aliphatic carbocycles. The fourth-order valence-corrected chi connectivity index (χ4v) is 2.73. The third-order valence-corrected chi connectivity index (χ3v) is 3.86. The highest BCUT2D eigenvalue weighted by Gasteiger charge is 2.28. The van der Waals surface area contributed by atoms with Crippen molar-refractivity contribution < 1.29 is 9.21 Å². The predicted molar refractivity (Wildman–Crippen MR) is 83.2 cm³/mol. The zero-order valence-corrected chi connectivity index (χ0v) is 12.0. The van der Waals surface area contributed by atoms with Gasteiger partial charge in [0.25, 0.3) is 0 Å². The van der Waals surface area contributed by atoms with Crippen LogP contribution in [0.2, 0.25) is 0 Å². The van der Waals surface area contributed by atoms with Crippen molar-refractivity contribution in [1.82, 2.24) is 4.90 Å². The molecule has 106 valence electrons. The summed E-state index contributed by atoms with van der Waals surface area (Å²) < 4.78 is 5.14. The van der Waals surface area contributed by atoms with Crippen molar-refractivity contribution >= 4 is 29.1 Å². The predicted octanol–water partition coefficient (Wildman–Crippen LogP) is 2.75. The van der Waals surface area contributed by atoms with Gasteiger partial charge in [-0.3, -0.25) is 9.69 Å². The van der Waals surface area contributed by atoms with Gasteiger partial charge >= 0.3 is 0 Å². The third kappa shape index (κ3) is 3.41. The second-order valence-electron chi connectivity index (χ2n) is 4.40. The molecule has 1 saturated heterocycles. The number of benzene rings is 1. The first-order valence-electron chi connectivity index (χ1n) is 6.44. The Kier molecular flexibility index (Phi) is 4.16. The first-order valence-corrected chi connectivity index (χ1v) is 7.43. The van der Waals surface area contributed by atoms with Crippen LogP contribution < -0.4 is 0 Å². The monoisotopic (exact) mass is 299 g/mol. The third-order valence-electron chi connectivity index (χ3n) is 2.91. The zero-order valence-electron chi connectivity index (χ0n) is 11.2. The molecule has 1 aliphatic heterocycles. The molecular weight excluding hydrogens is 286 g/mol. The molecule has 21 heavy (non-hydrogen) atoms. The number of rotatable bonds is 4. The topological polar surface area (TPSA) is 58.2 Å². The minimum Gasteiger partial charge on any atom is -0.463 e. The van der Waals surface area contributed by atoms with Crippen LogP contribution in [0.4, 0.5) is 0 Å². The minimum atomic E-state index is 0.0517. The van der Waals surface area contributed by atoms with Gasteiger partial charge in [0, 0.05) is 0 Å². The van der Waals surface area contributed by atoms with Crippen molar-refractivity contribution in [2.45, 2.75) is 6.54 Å². The van der Waals surface area contributed by atoms with E-state index in [9.17, 15) is 4.79 Å². The van der Waals surface area contributed by atoms with Gasteiger partial charge in [0.05, 0.1) is 24.8 Å². The summed E-state index contributed by atoms with van der Waals surface area (Å²) in [6, 6.07) is 13.4. The Bertz CT molecular complexity index is 665. The number of carbonyl (C=O) groups is 1. The maximum Gasteiger partial charge on any atom is 0.239 e. The minimum absolute atomic E-state index is 0.0517. The van der Waals surface area contributed by atoms with Crippen LogP contribution in [0.1, 0.15) is 11.3 Å². The number of hydrogen-bond acceptors (Lipinski definition) is 5. The Balaban J connectivity index is 1.73. The Labute approximate surface area is 126 Å². The highest BCUT2D eigenvalue weighted by molar-refractivity contribution is 8.15. The molecule has 0 atom stereocenters. The highest BCUT2D eigenvalue weighted by atomic mass is 32.2. The van der Waals surface area contributed by atoms with Crippen LogP contribution in [-0.4, -0.2) is 27.9 Å². The maximum absolute atomic E-state index is 11.9. The summed E-state index contributed by atoms with van der Waals surface area (Å²) in [5.74, 6) is 1.08. The van der Waals surface area contributed by atoms with Crippen LogP contribution in [0.3, 0.4) is 0 Å². The smallest absolute Gasteiger partial charge is 0.239 e. The van der Waals surface area contributed by atoms with Crippen LogP contribution in [0.15, 0.2) is 63.3 Å². The number of amidine groups is 1. The van der Waals surface area contributed by atoms with Crippen LogP contribution in [-0.2, 0) is 11.3 Å². The summed E-state index contributed by atoms with van der Waals surface area (Å²) in [6.45, 7) is 0.516. The molecule has 3 rings (SSSR count). The quantitative estimate of drug-likeness (QED) is 0.644. The van der Waals surface area contributed by atoms with Crippen molar-refractivity contribution in [3.05, 3.63) is 60.1 Å². The molecule has 5 nitrogen and oxygen atoms in total. The molecule has 0 bridgehead atoms. The van der Waals surface area contributed by atoms with Crippen LogP contribution in [0.5, 0.6) is 0 Å². The summed E-state index contributed by atoms with van der Waals surface area (Å²) in [5.41, 5.74) is 1.07. The second-order valence-corrected chi connectivity index (χ2v) is 5.34. The largest absolute Gasteiger partial charge is 0.463 e. The van der Waals surface area contributed by atoms with Crippen molar-refractivity contribution in [3.8, 4) is 0 Å². The molecule has 1 aliphatic rings. The maximum atomic E-state index is 11.9. The molecule has 0 unspecified atom stereocenters. The van der Waals surface area contributed by atoms with E-state index in [1.807, 2.05) is 30.3 Å². The van der Waals surface area contributed by atoms with Gasteiger partial charge < -0.3 is 4.42 Å². The van der Waals surface area contributed by atoms with Crippen molar-refractivity contribution in [3.63, 3.8) is 0 Å². The lowest BCUT2D eigenvalue weighted by atomic mass is 10.2. The first-order chi connectivity index (χ1) is 10.3. The molecule has 0 spiro atoms. The Morgan fingerprint density at radius 2 is 2.10 bits per heavy atom. The summed E-state index contributed by atoms with van der Waals surface area (Å²) >= 11 is 1.40. The van der Waals surface area contributed by atoms with Crippen LogP contribution in [0.25, 0.3) is 0 Å². The normalized spacial score (nSPS) is 17.2. The fraction of sp³-hybridized carbons (Fsp3) is 0.133.